The minimum atomic E-state index is -0.508. The Morgan fingerprint density at radius 3 is 2.73 bits per heavy atom. The zero-order chi connectivity index (χ0) is 21.1. The summed E-state index contributed by atoms with van der Waals surface area (Å²) in [6.07, 6.45) is 2.56. The van der Waals surface area contributed by atoms with Crippen molar-refractivity contribution in [2.24, 2.45) is 0 Å². The quantitative estimate of drug-likeness (QED) is 0.497. The van der Waals surface area contributed by atoms with Crippen LogP contribution in [0, 0.1) is 0 Å². The number of aryl methyl sites for hydroxylation is 1. The number of carbonyl (C=O) groups is 2. The van der Waals surface area contributed by atoms with Crippen molar-refractivity contribution in [3.63, 3.8) is 0 Å². The molecule has 4 rings (SSSR count). The molecule has 1 amide bonds. The van der Waals surface area contributed by atoms with Gasteiger partial charge in [-0.3, -0.25) is 4.79 Å². The highest BCUT2D eigenvalue weighted by Gasteiger charge is 2.20. The number of hydrogen-bond donors (Lipinski definition) is 1. The first-order valence-electron chi connectivity index (χ1n) is 9.84. The molecule has 7 heteroatoms. The SMILES string of the molecule is CCOC(=O)c1ccccc1NC(=O)COc1ccc2c3c(c(=O)oc2c1)CCC3. The largest absolute Gasteiger partial charge is 0.484 e. The maximum atomic E-state index is 12.3. The summed E-state index contributed by atoms with van der Waals surface area (Å²) in [6, 6.07) is 11.8. The molecule has 0 atom stereocenters. The summed E-state index contributed by atoms with van der Waals surface area (Å²) < 4.78 is 16.0. The van der Waals surface area contributed by atoms with E-state index in [0.717, 1.165) is 35.8 Å². The summed E-state index contributed by atoms with van der Waals surface area (Å²) in [5.41, 5.74) is 2.57. The van der Waals surface area contributed by atoms with Gasteiger partial charge in [0.2, 0.25) is 0 Å². The van der Waals surface area contributed by atoms with Gasteiger partial charge in [0.25, 0.3) is 5.91 Å². The molecule has 0 spiro atoms. The molecule has 0 saturated heterocycles. The molecule has 3 aromatic rings. The Balaban J connectivity index is 1.46. The number of hydrogen-bond acceptors (Lipinski definition) is 6. The van der Waals surface area contributed by atoms with Gasteiger partial charge in [-0.1, -0.05) is 12.1 Å². The molecule has 0 radical (unpaired) electrons. The average Bonchev–Trinajstić information content (AvgIpc) is 3.23. The second-order valence-electron chi connectivity index (χ2n) is 6.96. The second kappa shape index (κ2) is 8.41. The standard InChI is InChI=1S/C23H21NO6/c1-2-28-22(26)18-6-3-4-9-19(18)24-21(25)13-29-14-10-11-16-15-7-5-8-17(15)23(27)30-20(16)12-14/h3-4,6,9-12H,2,5,7-8,13H2,1H3,(H,24,25). The molecular formula is C23H21NO6. The maximum absolute atomic E-state index is 12.3. The van der Waals surface area contributed by atoms with E-state index >= 15 is 0 Å². The molecule has 1 heterocycles. The fourth-order valence-electron chi connectivity index (χ4n) is 3.67. The molecule has 0 unspecified atom stereocenters. The molecule has 0 aliphatic heterocycles. The van der Waals surface area contributed by atoms with Crippen LogP contribution >= 0.6 is 0 Å². The number of carbonyl (C=O) groups excluding carboxylic acids is 2. The first-order valence-corrected chi connectivity index (χ1v) is 9.84. The van der Waals surface area contributed by atoms with Gasteiger partial charge in [0.05, 0.1) is 17.9 Å². The van der Waals surface area contributed by atoms with E-state index < -0.39 is 11.9 Å². The summed E-state index contributed by atoms with van der Waals surface area (Å²) in [5, 5.41) is 3.57. The summed E-state index contributed by atoms with van der Waals surface area (Å²) in [5.74, 6) is -0.522. The Morgan fingerprint density at radius 1 is 1.10 bits per heavy atom. The summed E-state index contributed by atoms with van der Waals surface area (Å²) in [4.78, 5) is 36.5. The molecule has 1 N–H and O–H groups in total. The van der Waals surface area contributed by atoms with Gasteiger partial charge in [-0.25, -0.2) is 9.59 Å². The zero-order valence-corrected chi connectivity index (χ0v) is 16.5. The number of esters is 1. The van der Waals surface area contributed by atoms with Gasteiger partial charge in [-0.15, -0.1) is 0 Å². The Labute approximate surface area is 172 Å². The van der Waals surface area contributed by atoms with Crippen LogP contribution in [0.4, 0.5) is 5.69 Å². The highest BCUT2D eigenvalue weighted by Crippen LogP contribution is 2.29. The number of para-hydroxylation sites is 1. The number of ether oxygens (including phenoxy) is 2. The first kappa shape index (κ1) is 19.7. The molecule has 154 valence electrons. The van der Waals surface area contributed by atoms with E-state index in [2.05, 4.69) is 5.32 Å². The van der Waals surface area contributed by atoms with Gasteiger partial charge in [0.15, 0.2) is 6.61 Å². The number of anilines is 1. The van der Waals surface area contributed by atoms with E-state index in [1.807, 2.05) is 6.07 Å². The molecule has 1 aliphatic carbocycles. The lowest BCUT2D eigenvalue weighted by Gasteiger charge is -2.11. The molecule has 0 bridgehead atoms. The van der Waals surface area contributed by atoms with Crippen LogP contribution in [0.2, 0.25) is 0 Å². The van der Waals surface area contributed by atoms with Crippen LogP contribution < -0.4 is 15.7 Å². The van der Waals surface area contributed by atoms with Crippen molar-refractivity contribution in [1.82, 2.24) is 0 Å². The van der Waals surface area contributed by atoms with Crippen LogP contribution in [0.1, 0.15) is 34.8 Å². The molecule has 1 aliphatic rings. The van der Waals surface area contributed by atoms with E-state index in [1.165, 1.54) is 0 Å². The lowest BCUT2D eigenvalue weighted by molar-refractivity contribution is -0.118. The van der Waals surface area contributed by atoms with Crippen molar-refractivity contribution in [1.29, 1.82) is 0 Å². The van der Waals surface area contributed by atoms with Gasteiger partial charge in [-0.05, 0) is 56.0 Å². The maximum Gasteiger partial charge on any atom is 0.340 e. The third-order valence-corrected chi connectivity index (χ3v) is 5.01. The van der Waals surface area contributed by atoms with Crippen molar-refractivity contribution >= 4 is 28.5 Å². The van der Waals surface area contributed by atoms with Gasteiger partial charge in [0, 0.05) is 17.0 Å². The van der Waals surface area contributed by atoms with Crippen LogP contribution in [0.3, 0.4) is 0 Å². The zero-order valence-electron chi connectivity index (χ0n) is 16.5. The van der Waals surface area contributed by atoms with Crippen LogP contribution in [0.25, 0.3) is 11.0 Å². The summed E-state index contributed by atoms with van der Waals surface area (Å²) in [7, 11) is 0. The fourth-order valence-corrected chi connectivity index (χ4v) is 3.67. The highest BCUT2D eigenvalue weighted by molar-refractivity contribution is 6.01. The third-order valence-electron chi connectivity index (χ3n) is 5.01. The number of fused-ring (bicyclic) bond motifs is 3. The second-order valence-corrected chi connectivity index (χ2v) is 6.96. The number of benzene rings is 2. The van der Waals surface area contributed by atoms with Crippen LogP contribution in [0.5, 0.6) is 5.75 Å². The first-order chi connectivity index (χ1) is 14.6. The molecule has 0 saturated carbocycles. The lowest BCUT2D eigenvalue weighted by Crippen LogP contribution is -2.22. The van der Waals surface area contributed by atoms with Crippen molar-refractivity contribution in [2.45, 2.75) is 26.2 Å². The number of nitrogens with one attached hydrogen (secondary N) is 1. The molecule has 7 nitrogen and oxygen atoms in total. The fraction of sp³-hybridized carbons (Fsp3) is 0.261. The van der Waals surface area contributed by atoms with E-state index in [0.29, 0.717) is 17.0 Å². The van der Waals surface area contributed by atoms with Crippen LogP contribution in [-0.4, -0.2) is 25.1 Å². The average molecular weight is 407 g/mol. The van der Waals surface area contributed by atoms with Crippen LogP contribution in [-0.2, 0) is 22.4 Å². The Morgan fingerprint density at radius 2 is 1.90 bits per heavy atom. The van der Waals surface area contributed by atoms with Crippen molar-refractivity contribution < 1.29 is 23.5 Å². The highest BCUT2D eigenvalue weighted by atomic mass is 16.5. The van der Waals surface area contributed by atoms with Crippen molar-refractivity contribution in [3.05, 3.63) is 69.6 Å². The van der Waals surface area contributed by atoms with Gasteiger partial charge in [0.1, 0.15) is 11.3 Å². The monoisotopic (exact) mass is 407 g/mol. The minimum Gasteiger partial charge on any atom is -0.484 e. The van der Waals surface area contributed by atoms with E-state index in [-0.39, 0.29) is 24.4 Å². The molecular weight excluding hydrogens is 386 g/mol. The van der Waals surface area contributed by atoms with Crippen molar-refractivity contribution in [2.75, 3.05) is 18.5 Å². The smallest absolute Gasteiger partial charge is 0.340 e. The predicted molar refractivity (Wildman–Crippen MR) is 111 cm³/mol. The van der Waals surface area contributed by atoms with Gasteiger partial charge < -0.3 is 19.2 Å². The van der Waals surface area contributed by atoms with E-state index in [9.17, 15) is 14.4 Å². The number of rotatable bonds is 6. The van der Waals surface area contributed by atoms with E-state index in [4.69, 9.17) is 13.9 Å². The molecule has 2 aromatic carbocycles. The summed E-state index contributed by atoms with van der Waals surface area (Å²) in [6.45, 7) is 1.69. The predicted octanol–water partition coefficient (Wildman–Crippen LogP) is 3.48. The number of amides is 1. The summed E-state index contributed by atoms with van der Waals surface area (Å²) >= 11 is 0. The van der Waals surface area contributed by atoms with E-state index in [1.54, 1.807) is 43.3 Å². The Kier molecular flexibility index (Phi) is 5.52. The minimum absolute atomic E-state index is 0.242. The Bertz CT molecular complexity index is 1180. The Hall–Kier alpha value is -3.61. The molecule has 1 aromatic heterocycles. The molecule has 0 fully saturated rings. The van der Waals surface area contributed by atoms with Crippen molar-refractivity contribution in [3.8, 4) is 5.75 Å². The third kappa shape index (κ3) is 3.91. The molecule has 30 heavy (non-hydrogen) atoms. The van der Waals surface area contributed by atoms with Crippen LogP contribution in [0.15, 0.2) is 51.7 Å². The van der Waals surface area contributed by atoms with Gasteiger partial charge >= 0.3 is 11.6 Å². The normalized spacial score (nSPS) is 12.4. The lowest BCUT2D eigenvalue weighted by atomic mass is 10.1. The topological polar surface area (TPSA) is 94.8 Å². The van der Waals surface area contributed by atoms with Gasteiger partial charge in [-0.2, -0.15) is 0 Å².